The maximum absolute atomic E-state index is 13.7. The first-order valence-corrected chi connectivity index (χ1v) is 14.8. The van der Waals surface area contributed by atoms with Gasteiger partial charge in [-0.25, -0.2) is 13.8 Å². The van der Waals surface area contributed by atoms with Crippen LogP contribution in [0.1, 0.15) is 22.5 Å². The number of nitrogens with one attached hydrogen (secondary N) is 1. The highest BCUT2D eigenvalue weighted by Gasteiger charge is 2.29. The summed E-state index contributed by atoms with van der Waals surface area (Å²) in [6, 6.07) is 20.8. The van der Waals surface area contributed by atoms with E-state index in [9.17, 15) is 13.2 Å². The Hall–Kier alpha value is -3.60. The lowest BCUT2D eigenvalue weighted by molar-refractivity contribution is -0.119. The Bertz CT molecular complexity index is 1670. The molecule has 1 aromatic heterocycles. The fraction of sp³-hybridized carbons (Fsp3) is 0.172. The first kappa shape index (κ1) is 29.4. The first-order valence-electron chi connectivity index (χ1n) is 12.2. The van der Waals surface area contributed by atoms with E-state index in [2.05, 4.69) is 31.0 Å². The van der Waals surface area contributed by atoms with E-state index in [-0.39, 0.29) is 16.3 Å². The van der Waals surface area contributed by atoms with E-state index in [0.717, 1.165) is 37.0 Å². The van der Waals surface area contributed by atoms with Crippen molar-refractivity contribution in [2.24, 2.45) is 5.10 Å². The molecule has 0 radical (unpaired) electrons. The van der Waals surface area contributed by atoms with Crippen LogP contribution >= 0.6 is 27.5 Å². The summed E-state index contributed by atoms with van der Waals surface area (Å²) in [7, 11) is -2.74. The molecular weight excluding hydrogens is 616 g/mol. The predicted molar refractivity (Wildman–Crippen MR) is 162 cm³/mol. The maximum atomic E-state index is 13.7. The molecule has 4 rings (SSSR count). The minimum absolute atomic E-state index is 0.0248. The Morgan fingerprint density at radius 3 is 2.38 bits per heavy atom. The Morgan fingerprint density at radius 2 is 1.73 bits per heavy atom. The van der Waals surface area contributed by atoms with Gasteiger partial charge in [-0.05, 0) is 81.4 Å². The summed E-state index contributed by atoms with van der Waals surface area (Å²) < 4.78 is 36.8. The van der Waals surface area contributed by atoms with Crippen LogP contribution < -0.4 is 14.5 Å². The summed E-state index contributed by atoms with van der Waals surface area (Å²) in [6.07, 6.45) is 1.54. The van der Waals surface area contributed by atoms with E-state index in [4.69, 9.17) is 16.3 Å². The van der Waals surface area contributed by atoms with Crippen LogP contribution in [-0.2, 0) is 14.8 Å². The fourth-order valence-electron chi connectivity index (χ4n) is 4.24. The average molecular weight is 644 g/mol. The van der Waals surface area contributed by atoms with E-state index in [1.807, 2.05) is 51.1 Å². The number of aryl methyl sites for hydroxylation is 2. The number of halogens is 2. The highest BCUT2D eigenvalue weighted by atomic mass is 79.9. The minimum atomic E-state index is -4.16. The molecule has 11 heteroatoms. The molecule has 0 spiro atoms. The molecule has 1 amide bonds. The number of hydrogen-bond donors (Lipinski definition) is 1. The SMILES string of the molecule is COc1ccc(Cl)cc1N(CC(=O)N/N=C\c1cc(C)n(-c2ccc(Br)cc2)c1C)S(=O)(=O)c1ccc(C)cc1. The molecule has 0 saturated heterocycles. The van der Waals surface area contributed by atoms with Gasteiger partial charge in [-0.15, -0.1) is 0 Å². The normalized spacial score (nSPS) is 11.6. The molecule has 0 saturated carbocycles. The van der Waals surface area contributed by atoms with E-state index >= 15 is 0 Å². The largest absolute Gasteiger partial charge is 0.495 e. The molecule has 0 aliphatic heterocycles. The van der Waals surface area contributed by atoms with Gasteiger partial charge in [0.15, 0.2) is 0 Å². The van der Waals surface area contributed by atoms with Gasteiger partial charge in [0.25, 0.3) is 15.9 Å². The van der Waals surface area contributed by atoms with Gasteiger partial charge < -0.3 is 9.30 Å². The third kappa shape index (κ3) is 6.41. The van der Waals surface area contributed by atoms with Crippen LogP contribution in [0.4, 0.5) is 5.69 Å². The zero-order valence-corrected chi connectivity index (χ0v) is 25.5. The van der Waals surface area contributed by atoms with Gasteiger partial charge in [0, 0.05) is 32.1 Å². The van der Waals surface area contributed by atoms with Crippen molar-refractivity contribution in [2.75, 3.05) is 18.0 Å². The first-order chi connectivity index (χ1) is 19.0. The molecule has 208 valence electrons. The van der Waals surface area contributed by atoms with Gasteiger partial charge in [-0.1, -0.05) is 45.2 Å². The van der Waals surface area contributed by atoms with E-state index in [1.165, 1.54) is 31.5 Å². The van der Waals surface area contributed by atoms with E-state index < -0.39 is 22.5 Å². The number of amides is 1. The van der Waals surface area contributed by atoms with Gasteiger partial charge in [0.2, 0.25) is 0 Å². The third-order valence-electron chi connectivity index (χ3n) is 6.25. The summed E-state index contributed by atoms with van der Waals surface area (Å²) in [5.41, 5.74) is 7.22. The van der Waals surface area contributed by atoms with Crippen LogP contribution in [0, 0.1) is 20.8 Å². The van der Waals surface area contributed by atoms with Crippen molar-refractivity contribution in [3.8, 4) is 11.4 Å². The Labute approximate surface area is 247 Å². The number of nitrogens with zero attached hydrogens (tertiary/aromatic N) is 3. The van der Waals surface area contributed by atoms with Crippen molar-refractivity contribution < 1.29 is 17.9 Å². The molecule has 1 N–H and O–H groups in total. The Balaban J connectivity index is 1.60. The Morgan fingerprint density at radius 1 is 1.05 bits per heavy atom. The summed E-state index contributed by atoms with van der Waals surface area (Å²) in [5.74, 6) is -0.396. The van der Waals surface area contributed by atoms with Crippen LogP contribution in [-0.4, -0.2) is 38.8 Å². The lowest BCUT2D eigenvalue weighted by Gasteiger charge is -2.25. The smallest absolute Gasteiger partial charge is 0.264 e. The molecule has 0 atom stereocenters. The predicted octanol–water partition coefficient (Wildman–Crippen LogP) is 6.17. The van der Waals surface area contributed by atoms with Gasteiger partial charge in [0.05, 0.1) is 23.9 Å². The van der Waals surface area contributed by atoms with Crippen molar-refractivity contribution in [1.82, 2.24) is 9.99 Å². The third-order valence-corrected chi connectivity index (χ3v) is 8.79. The number of carbonyl (C=O) groups excluding carboxylic acids is 1. The van der Waals surface area contributed by atoms with Crippen molar-refractivity contribution in [2.45, 2.75) is 25.7 Å². The summed E-state index contributed by atoms with van der Waals surface area (Å²) in [6.45, 7) is 5.24. The number of hydrazone groups is 1. The number of methoxy groups -OCH3 is 1. The second-order valence-electron chi connectivity index (χ2n) is 9.07. The van der Waals surface area contributed by atoms with Crippen molar-refractivity contribution in [3.63, 3.8) is 0 Å². The van der Waals surface area contributed by atoms with Crippen molar-refractivity contribution >= 4 is 55.4 Å². The van der Waals surface area contributed by atoms with Crippen LogP contribution in [0.3, 0.4) is 0 Å². The molecule has 8 nitrogen and oxygen atoms in total. The van der Waals surface area contributed by atoms with Crippen molar-refractivity contribution in [1.29, 1.82) is 0 Å². The maximum Gasteiger partial charge on any atom is 0.264 e. The molecule has 0 aliphatic carbocycles. The number of benzene rings is 3. The average Bonchev–Trinajstić information content (AvgIpc) is 3.20. The molecular formula is C29H28BrClN4O4S. The Kier molecular flexibility index (Phi) is 9.02. The van der Waals surface area contributed by atoms with Crippen LogP contribution in [0.5, 0.6) is 5.75 Å². The van der Waals surface area contributed by atoms with Crippen LogP contribution in [0.15, 0.2) is 87.3 Å². The molecule has 4 aromatic rings. The second kappa shape index (κ2) is 12.3. The monoisotopic (exact) mass is 642 g/mol. The highest BCUT2D eigenvalue weighted by molar-refractivity contribution is 9.10. The number of ether oxygens (including phenoxy) is 1. The van der Waals surface area contributed by atoms with Gasteiger partial charge in [-0.2, -0.15) is 5.10 Å². The highest BCUT2D eigenvalue weighted by Crippen LogP contribution is 2.34. The topological polar surface area (TPSA) is 93.0 Å². The molecule has 0 fully saturated rings. The number of rotatable bonds is 9. The lowest BCUT2D eigenvalue weighted by atomic mass is 10.2. The van der Waals surface area contributed by atoms with Gasteiger partial charge >= 0.3 is 0 Å². The zero-order chi connectivity index (χ0) is 29.0. The molecule has 40 heavy (non-hydrogen) atoms. The molecule has 0 aliphatic rings. The minimum Gasteiger partial charge on any atom is -0.495 e. The van der Waals surface area contributed by atoms with Crippen LogP contribution in [0.25, 0.3) is 5.69 Å². The number of sulfonamides is 1. The van der Waals surface area contributed by atoms with E-state index in [1.54, 1.807) is 24.3 Å². The van der Waals surface area contributed by atoms with Gasteiger partial charge in [0.1, 0.15) is 12.3 Å². The quantitative estimate of drug-likeness (QED) is 0.174. The molecule has 0 unspecified atom stereocenters. The molecule has 3 aromatic carbocycles. The van der Waals surface area contributed by atoms with E-state index in [0.29, 0.717) is 5.02 Å². The van der Waals surface area contributed by atoms with Gasteiger partial charge in [-0.3, -0.25) is 9.10 Å². The fourth-order valence-corrected chi connectivity index (χ4v) is 6.09. The van der Waals surface area contributed by atoms with Crippen LogP contribution in [0.2, 0.25) is 5.02 Å². The molecule has 0 bridgehead atoms. The zero-order valence-electron chi connectivity index (χ0n) is 22.4. The number of hydrogen-bond acceptors (Lipinski definition) is 5. The second-order valence-corrected chi connectivity index (χ2v) is 12.3. The summed E-state index contributed by atoms with van der Waals surface area (Å²) in [5, 5.41) is 4.40. The lowest BCUT2D eigenvalue weighted by Crippen LogP contribution is -2.39. The summed E-state index contributed by atoms with van der Waals surface area (Å²) >= 11 is 9.65. The summed E-state index contributed by atoms with van der Waals surface area (Å²) in [4.78, 5) is 13.1. The molecule has 1 heterocycles. The number of aromatic nitrogens is 1. The standard InChI is InChI=1S/C29H28BrClN4O4S/c1-19-5-12-26(13-6-19)40(37,38)34(27-16-24(31)9-14-28(27)39-4)18-29(36)33-32-17-22-15-20(2)35(21(22)3)25-10-7-23(30)8-11-25/h5-17H,18H2,1-4H3,(H,33,36)/b32-17-. The number of anilines is 1. The van der Waals surface area contributed by atoms with Crippen molar-refractivity contribution in [3.05, 3.63) is 105 Å². The number of carbonyl (C=O) groups is 1.